The molecule has 1 amide bonds. The van der Waals surface area contributed by atoms with Gasteiger partial charge in [-0.05, 0) is 35.4 Å². The van der Waals surface area contributed by atoms with Crippen molar-refractivity contribution < 1.29 is 28.8 Å². The SMILES string of the molecule is COCCOCCOC(C)C(=O)NCc1ccc([Si](C)(C)COc2cc(C(C)(C)C)c(O)c(C(C)(C)C)c2)cc1. The molecule has 0 radical (unpaired) electrons. The van der Waals surface area contributed by atoms with Crippen molar-refractivity contribution in [3.05, 3.63) is 53.1 Å². The molecule has 1 atom stereocenters. The van der Waals surface area contributed by atoms with Crippen molar-refractivity contribution in [3.63, 3.8) is 0 Å². The number of phenolic OH excluding ortho intramolecular Hbond substituents is 1. The first-order valence-corrected chi connectivity index (χ1v) is 17.3. The quantitative estimate of drug-likeness (QED) is 0.239. The van der Waals surface area contributed by atoms with Crippen molar-refractivity contribution in [3.8, 4) is 11.5 Å². The Morgan fingerprint density at radius 3 is 2.00 bits per heavy atom. The molecule has 40 heavy (non-hydrogen) atoms. The number of rotatable bonds is 14. The summed E-state index contributed by atoms with van der Waals surface area (Å²) < 4.78 is 22.3. The molecule has 2 aromatic carbocycles. The fraction of sp³-hybridized carbons (Fsp3) is 0.594. The Bertz CT molecular complexity index is 1050. The molecule has 0 aliphatic carbocycles. The van der Waals surface area contributed by atoms with Gasteiger partial charge in [-0.2, -0.15) is 0 Å². The molecule has 0 aliphatic heterocycles. The maximum Gasteiger partial charge on any atom is 0.249 e. The van der Waals surface area contributed by atoms with E-state index in [2.05, 4.69) is 84.2 Å². The second-order valence-electron chi connectivity index (χ2n) is 13.1. The number of carbonyl (C=O) groups is 1. The zero-order chi connectivity index (χ0) is 30.1. The van der Waals surface area contributed by atoms with Crippen LogP contribution in [0.4, 0.5) is 0 Å². The number of hydrogen-bond acceptors (Lipinski definition) is 6. The van der Waals surface area contributed by atoms with Crippen LogP contribution < -0.4 is 15.2 Å². The van der Waals surface area contributed by atoms with Gasteiger partial charge in [0.15, 0.2) is 0 Å². The number of aromatic hydroxyl groups is 1. The standard InChI is InChI=1S/C32H51NO6Si/c1-23(38-18-17-37-16-15-36-8)30(35)33-21-24-11-13-26(14-12-24)40(9,10)22-39-25-19-27(31(2,3)4)29(34)28(20-25)32(5,6)7/h11-14,19-20,23,34H,15-18,21-22H2,1-10H3,(H,33,35). The predicted octanol–water partition coefficient (Wildman–Crippen LogP) is 5.21. The third kappa shape index (κ3) is 10.2. The first-order chi connectivity index (χ1) is 18.6. The Hall–Kier alpha value is -2.39. The van der Waals surface area contributed by atoms with E-state index in [0.717, 1.165) is 22.4 Å². The molecular weight excluding hydrogens is 522 g/mol. The van der Waals surface area contributed by atoms with Gasteiger partial charge in [-0.25, -0.2) is 0 Å². The fourth-order valence-corrected chi connectivity index (χ4v) is 5.96. The summed E-state index contributed by atoms with van der Waals surface area (Å²) in [5.41, 5.74) is 2.42. The second-order valence-corrected chi connectivity index (χ2v) is 17.7. The van der Waals surface area contributed by atoms with Crippen LogP contribution in [0.2, 0.25) is 13.1 Å². The molecule has 0 spiro atoms. The van der Waals surface area contributed by atoms with Crippen molar-refractivity contribution in [1.29, 1.82) is 0 Å². The molecular formula is C32H51NO6Si. The first kappa shape index (κ1) is 33.8. The maximum absolute atomic E-state index is 12.4. The number of hydrogen-bond donors (Lipinski definition) is 2. The molecule has 7 nitrogen and oxygen atoms in total. The van der Waals surface area contributed by atoms with Gasteiger partial charge in [0.2, 0.25) is 5.91 Å². The highest BCUT2D eigenvalue weighted by Crippen LogP contribution is 2.41. The fourth-order valence-electron chi connectivity index (χ4n) is 4.19. The monoisotopic (exact) mass is 573 g/mol. The van der Waals surface area contributed by atoms with Gasteiger partial charge < -0.3 is 29.4 Å². The summed E-state index contributed by atoms with van der Waals surface area (Å²) in [6.45, 7) is 21.2. The zero-order valence-corrected chi connectivity index (χ0v) is 27.3. The predicted molar refractivity (Wildman–Crippen MR) is 165 cm³/mol. The van der Waals surface area contributed by atoms with Gasteiger partial charge in [-0.15, -0.1) is 0 Å². The normalized spacial score (nSPS) is 13.2. The van der Waals surface area contributed by atoms with Gasteiger partial charge in [-0.3, -0.25) is 4.79 Å². The maximum atomic E-state index is 12.4. The lowest BCUT2D eigenvalue weighted by molar-refractivity contribution is -0.132. The summed E-state index contributed by atoms with van der Waals surface area (Å²) in [4.78, 5) is 12.4. The van der Waals surface area contributed by atoms with Gasteiger partial charge in [-0.1, -0.05) is 84.1 Å². The zero-order valence-electron chi connectivity index (χ0n) is 26.3. The Labute approximate surface area is 242 Å². The Balaban J connectivity index is 1.97. The Kier molecular flexibility index (Phi) is 12.2. The minimum atomic E-state index is -1.93. The van der Waals surface area contributed by atoms with E-state index in [1.165, 1.54) is 5.19 Å². The topological polar surface area (TPSA) is 86.3 Å². The molecule has 0 heterocycles. The highest BCUT2D eigenvalue weighted by molar-refractivity contribution is 6.89. The highest BCUT2D eigenvalue weighted by Gasteiger charge is 2.29. The molecule has 2 aromatic rings. The van der Waals surface area contributed by atoms with E-state index >= 15 is 0 Å². The highest BCUT2D eigenvalue weighted by atomic mass is 28.3. The molecule has 0 saturated carbocycles. The molecule has 0 aromatic heterocycles. The number of methoxy groups -OCH3 is 1. The van der Waals surface area contributed by atoms with Crippen LogP contribution in [0, 0.1) is 0 Å². The molecule has 2 rings (SSSR count). The van der Waals surface area contributed by atoms with Gasteiger partial charge in [0.05, 0.1) is 32.7 Å². The summed E-state index contributed by atoms with van der Waals surface area (Å²) in [6, 6.07) is 12.4. The van der Waals surface area contributed by atoms with Crippen molar-refractivity contribution in [2.45, 2.75) is 85.0 Å². The third-order valence-corrected chi connectivity index (χ3v) is 9.66. The molecule has 0 aliphatic rings. The van der Waals surface area contributed by atoms with Gasteiger partial charge >= 0.3 is 0 Å². The van der Waals surface area contributed by atoms with Crippen LogP contribution in [0.5, 0.6) is 11.5 Å². The van der Waals surface area contributed by atoms with Crippen LogP contribution in [-0.4, -0.2) is 65.0 Å². The van der Waals surface area contributed by atoms with Gasteiger partial charge in [0.1, 0.15) is 25.7 Å². The summed E-state index contributed by atoms with van der Waals surface area (Å²) in [5, 5.41) is 15.2. The number of ether oxygens (including phenoxy) is 4. The molecule has 8 heteroatoms. The van der Waals surface area contributed by atoms with E-state index in [1.807, 2.05) is 12.1 Å². The minimum absolute atomic E-state index is 0.151. The van der Waals surface area contributed by atoms with Crippen LogP contribution in [0.15, 0.2) is 36.4 Å². The number of carbonyl (C=O) groups excluding carboxylic acids is 1. The van der Waals surface area contributed by atoms with Crippen LogP contribution in [0.1, 0.15) is 65.2 Å². The van der Waals surface area contributed by atoms with E-state index in [1.54, 1.807) is 14.0 Å². The molecule has 0 fully saturated rings. The van der Waals surface area contributed by atoms with Crippen molar-refractivity contribution in [2.75, 3.05) is 39.8 Å². The molecule has 0 bridgehead atoms. The number of amides is 1. The van der Waals surface area contributed by atoms with E-state index in [4.69, 9.17) is 18.9 Å². The molecule has 0 saturated heterocycles. The molecule has 2 N–H and O–H groups in total. The van der Waals surface area contributed by atoms with E-state index in [0.29, 0.717) is 45.0 Å². The summed E-state index contributed by atoms with van der Waals surface area (Å²) >= 11 is 0. The largest absolute Gasteiger partial charge is 0.507 e. The summed E-state index contributed by atoms with van der Waals surface area (Å²) in [5.74, 6) is 1.01. The van der Waals surface area contributed by atoms with Crippen LogP contribution in [0.25, 0.3) is 0 Å². The van der Waals surface area contributed by atoms with E-state index in [-0.39, 0.29) is 16.7 Å². The Morgan fingerprint density at radius 2 is 1.48 bits per heavy atom. The number of benzene rings is 2. The lowest BCUT2D eigenvalue weighted by Gasteiger charge is -2.29. The van der Waals surface area contributed by atoms with Crippen molar-refractivity contribution in [1.82, 2.24) is 5.32 Å². The average molecular weight is 574 g/mol. The third-order valence-electron chi connectivity index (χ3n) is 6.90. The minimum Gasteiger partial charge on any atom is -0.507 e. The van der Waals surface area contributed by atoms with Crippen molar-refractivity contribution in [2.24, 2.45) is 0 Å². The van der Waals surface area contributed by atoms with E-state index < -0.39 is 14.2 Å². The lowest BCUT2D eigenvalue weighted by atomic mass is 9.79. The smallest absolute Gasteiger partial charge is 0.249 e. The van der Waals surface area contributed by atoms with E-state index in [9.17, 15) is 9.90 Å². The van der Waals surface area contributed by atoms with Crippen LogP contribution >= 0.6 is 0 Å². The second kappa shape index (κ2) is 14.5. The molecule has 224 valence electrons. The first-order valence-electron chi connectivity index (χ1n) is 14.1. The van der Waals surface area contributed by atoms with Crippen LogP contribution in [-0.2, 0) is 36.4 Å². The summed E-state index contributed by atoms with van der Waals surface area (Å²) in [7, 11) is -0.301. The molecule has 1 unspecified atom stereocenters. The van der Waals surface area contributed by atoms with Crippen molar-refractivity contribution >= 4 is 19.2 Å². The Morgan fingerprint density at radius 1 is 0.925 bits per heavy atom. The lowest BCUT2D eigenvalue weighted by Crippen LogP contribution is -2.47. The van der Waals surface area contributed by atoms with Crippen LogP contribution in [0.3, 0.4) is 0 Å². The number of phenols is 1. The van der Waals surface area contributed by atoms with Gasteiger partial charge in [0.25, 0.3) is 0 Å². The average Bonchev–Trinajstić information content (AvgIpc) is 2.87. The number of nitrogens with one attached hydrogen (secondary N) is 1. The van der Waals surface area contributed by atoms with Gasteiger partial charge in [0, 0.05) is 24.8 Å². The summed E-state index contributed by atoms with van der Waals surface area (Å²) in [6.07, 6.45) is 0.0664.